The van der Waals surface area contributed by atoms with Crippen LogP contribution in [0.2, 0.25) is 0 Å². The Hall–Kier alpha value is -2.77. The van der Waals surface area contributed by atoms with E-state index in [1.165, 1.54) is 24.8 Å². The van der Waals surface area contributed by atoms with Crippen molar-refractivity contribution in [3.63, 3.8) is 0 Å². The lowest BCUT2D eigenvalue weighted by Crippen LogP contribution is -2.39. The molecule has 2 N–H and O–H groups in total. The first-order chi connectivity index (χ1) is 15.2. The Morgan fingerprint density at radius 1 is 1.10 bits per heavy atom. The van der Waals surface area contributed by atoms with Crippen molar-refractivity contribution in [2.75, 3.05) is 33.9 Å². The Labute approximate surface area is 185 Å². The Balaban J connectivity index is 1.39. The van der Waals surface area contributed by atoms with Crippen LogP contribution >= 0.6 is 0 Å². The van der Waals surface area contributed by atoms with Gasteiger partial charge in [-0.2, -0.15) is 0 Å². The van der Waals surface area contributed by atoms with Gasteiger partial charge in [-0.25, -0.2) is 0 Å². The highest BCUT2D eigenvalue weighted by Gasteiger charge is 2.14. The summed E-state index contributed by atoms with van der Waals surface area (Å²) < 4.78 is 13.3. The standard InChI is InChI=1S/C23H36N6O2/c1-4-31-20-17-18(11-12-19(20)30-3)9-8-14-25-23(24-2)26-15-13-22-28-27-21-10-6-5-7-16-29(21)22/h11-12,17H,4-10,13-16H2,1-3H3,(H2,24,25,26). The SMILES string of the molecule is CCOc1cc(CCCNC(=NC)NCCc2nnc3n2CCCCC3)ccc1OC. The van der Waals surface area contributed by atoms with Crippen LogP contribution in [0.3, 0.4) is 0 Å². The molecule has 8 heteroatoms. The molecule has 0 bridgehead atoms. The number of aryl methyl sites for hydroxylation is 2. The van der Waals surface area contributed by atoms with Gasteiger partial charge in [0.05, 0.1) is 13.7 Å². The maximum atomic E-state index is 5.67. The third kappa shape index (κ3) is 6.60. The monoisotopic (exact) mass is 428 g/mol. The lowest BCUT2D eigenvalue weighted by atomic mass is 10.1. The van der Waals surface area contributed by atoms with Crippen molar-refractivity contribution < 1.29 is 9.47 Å². The number of rotatable bonds is 10. The molecule has 1 aliphatic heterocycles. The summed E-state index contributed by atoms with van der Waals surface area (Å²) in [7, 11) is 3.47. The second-order valence-corrected chi connectivity index (χ2v) is 7.69. The summed E-state index contributed by atoms with van der Waals surface area (Å²) in [6.07, 6.45) is 7.56. The molecule has 2 aromatic rings. The molecule has 0 amide bonds. The average Bonchev–Trinajstić information content (AvgIpc) is 3.01. The van der Waals surface area contributed by atoms with E-state index in [4.69, 9.17) is 9.47 Å². The van der Waals surface area contributed by atoms with E-state index in [9.17, 15) is 0 Å². The number of aliphatic imine (C=N–C) groups is 1. The maximum Gasteiger partial charge on any atom is 0.190 e. The van der Waals surface area contributed by atoms with E-state index in [0.717, 1.165) is 74.4 Å². The van der Waals surface area contributed by atoms with E-state index >= 15 is 0 Å². The van der Waals surface area contributed by atoms with Gasteiger partial charge in [0.1, 0.15) is 11.6 Å². The minimum Gasteiger partial charge on any atom is -0.493 e. The Kier molecular flexibility index (Phi) is 8.99. The summed E-state index contributed by atoms with van der Waals surface area (Å²) in [6, 6.07) is 6.13. The van der Waals surface area contributed by atoms with Crippen LogP contribution in [0.25, 0.3) is 0 Å². The van der Waals surface area contributed by atoms with Crippen LogP contribution in [0.15, 0.2) is 23.2 Å². The number of aromatic nitrogens is 3. The van der Waals surface area contributed by atoms with Crippen molar-refractivity contribution in [2.24, 2.45) is 4.99 Å². The Morgan fingerprint density at radius 2 is 1.97 bits per heavy atom. The van der Waals surface area contributed by atoms with Crippen LogP contribution in [0.5, 0.6) is 11.5 Å². The van der Waals surface area contributed by atoms with Crippen LogP contribution in [0.1, 0.15) is 49.8 Å². The molecule has 31 heavy (non-hydrogen) atoms. The molecule has 0 saturated heterocycles. The molecule has 1 aliphatic rings. The smallest absolute Gasteiger partial charge is 0.190 e. The molecule has 1 aromatic carbocycles. The molecule has 0 spiro atoms. The van der Waals surface area contributed by atoms with Gasteiger partial charge in [-0.3, -0.25) is 4.99 Å². The van der Waals surface area contributed by atoms with Crippen LogP contribution < -0.4 is 20.1 Å². The summed E-state index contributed by atoms with van der Waals surface area (Å²) >= 11 is 0. The summed E-state index contributed by atoms with van der Waals surface area (Å²) in [6.45, 7) is 5.28. The normalized spacial score (nSPS) is 14.0. The lowest BCUT2D eigenvalue weighted by molar-refractivity contribution is 0.310. The summed E-state index contributed by atoms with van der Waals surface area (Å²) in [4.78, 5) is 4.33. The number of ether oxygens (including phenoxy) is 2. The lowest BCUT2D eigenvalue weighted by Gasteiger charge is -2.13. The van der Waals surface area contributed by atoms with Gasteiger partial charge in [0.25, 0.3) is 0 Å². The number of hydrogen-bond donors (Lipinski definition) is 2. The average molecular weight is 429 g/mol. The Bertz CT molecular complexity index is 849. The predicted octanol–water partition coefficient (Wildman–Crippen LogP) is 2.75. The number of guanidine groups is 1. The van der Waals surface area contributed by atoms with Gasteiger partial charge < -0.3 is 24.7 Å². The van der Waals surface area contributed by atoms with Gasteiger partial charge in [-0.1, -0.05) is 12.5 Å². The van der Waals surface area contributed by atoms with Gasteiger partial charge in [0.15, 0.2) is 17.5 Å². The fourth-order valence-corrected chi connectivity index (χ4v) is 3.89. The van der Waals surface area contributed by atoms with Crippen LogP contribution in [-0.4, -0.2) is 54.6 Å². The van der Waals surface area contributed by atoms with E-state index in [-0.39, 0.29) is 0 Å². The highest BCUT2D eigenvalue weighted by molar-refractivity contribution is 5.79. The maximum absolute atomic E-state index is 5.67. The zero-order valence-electron chi connectivity index (χ0n) is 19.1. The zero-order valence-corrected chi connectivity index (χ0v) is 19.1. The molecular weight excluding hydrogens is 392 g/mol. The molecule has 3 rings (SSSR count). The molecular formula is C23H36N6O2. The fraction of sp³-hybridized carbons (Fsp3) is 0.609. The molecule has 170 valence electrons. The van der Waals surface area contributed by atoms with E-state index in [0.29, 0.717) is 6.61 Å². The molecule has 8 nitrogen and oxygen atoms in total. The molecule has 2 heterocycles. The number of fused-ring (bicyclic) bond motifs is 1. The van der Waals surface area contributed by atoms with Crippen LogP contribution in [0, 0.1) is 0 Å². The van der Waals surface area contributed by atoms with E-state index in [1.807, 2.05) is 13.0 Å². The van der Waals surface area contributed by atoms with E-state index < -0.39 is 0 Å². The second-order valence-electron chi connectivity index (χ2n) is 7.69. The van der Waals surface area contributed by atoms with Crippen molar-refractivity contribution in [3.8, 4) is 11.5 Å². The van der Waals surface area contributed by atoms with Crippen molar-refractivity contribution in [3.05, 3.63) is 35.4 Å². The topological polar surface area (TPSA) is 85.6 Å². The predicted molar refractivity (Wildman–Crippen MR) is 123 cm³/mol. The highest BCUT2D eigenvalue weighted by Crippen LogP contribution is 2.28. The summed E-state index contributed by atoms with van der Waals surface area (Å²) in [5, 5.41) is 15.6. The summed E-state index contributed by atoms with van der Waals surface area (Å²) in [5.41, 5.74) is 1.24. The highest BCUT2D eigenvalue weighted by atomic mass is 16.5. The number of nitrogens with one attached hydrogen (secondary N) is 2. The van der Waals surface area contributed by atoms with Crippen molar-refractivity contribution in [1.82, 2.24) is 25.4 Å². The number of hydrogen-bond acceptors (Lipinski definition) is 5. The van der Waals surface area contributed by atoms with Gasteiger partial charge >= 0.3 is 0 Å². The first kappa shape index (κ1) is 22.9. The number of methoxy groups -OCH3 is 1. The molecule has 0 fully saturated rings. The molecule has 0 unspecified atom stereocenters. The Morgan fingerprint density at radius 3 is 2.77 bits per heavy atom. The van der Waals surface area contributed by atoms with E-state index in [2.05, 4.69) is 42.5 Å². The second kappa shape index (κ2) is 12.2. The van der Waals surface area contributed by atoms with Crippen LogP contribution in [-0.2, 0) is 25.8 Å². The third-order valence-electron chi connectivity index (χ3n) is 5.51. The van der Waals surface area contributed by atoms with E-state index in [1.54, 1.807) is 14.2 Å². The van der Waals surface area contributed by atoms with Crippen molar-refractivity contribution >= 4 is 5.96 Å². The molecule has 0 aliphatic carbocycles. The number of nitrogens with zero attached hydrogens (tertiary/aromatic N) is 4. The molecule has 0 atom stereocenters. The first-order valence-corrected chi connectivity index (χ1v) is 11.4. The van der Waals surface area contributed by atoms with Gasteiger partial charge in [-0.15, -0.1) is 10.2 Å². The fourth-order valence-electron chi connectivity index (χ4n) is 3.89. The van der Waals surface area contributed by atoms with Crippen molar-refractivity contribution in [2.45, 2.75) is 58.4 Å². The zero-order chi connectivity index (χ0) is 21.9. The quantitative estimate of drug-likeness (QED) is 0.344. The first-order valence-electron chi connectivity index (χ1n) is 11.4. The van der Waals surface area contributed by atoms with Gasteiger partial charge in [0.2, 0.25) is 0 Å². The number of benzene rings is 1. The molecule has 0 radical (unpaired) electrons. The summed E-state index contributed by atoms with van der Waals surface area (Å²) in [5.74, 6) is 4.61. The minimum atomic E-state index is 0.626. The van der Waals surface area contributed by atoms with Gasteiger partial charge in [-0.05, 0) is 50.3 Å². The minimum absolute atomic E-state index is 0.626. The van der Waals surface area contributed by atoms with Gasteiger partial charge in [0, 0.05) is 39.5 Å². The molecule has 1 aromatic heterocycles. The van der Waals surface area contributed by atoms with Crippen LogP contribution in [0.4, 0.5) is 0 Å². The molecule has 0 saturated carbocycles. The van der Waals surface area contributed by atoms with Crippen molar-refractivity contribution in [1.29, 1.82) is 0 Å². The largest absolute Gasteiger partial charge is 0.493 e. The third-order valence-corrected chi connectivity index (χ3v) is 5.51.